The van der Waals surface area contributed by atoms with Crippen molar-refractivity contribution in [3.8, 4) is 0 Å². The van der Waals surface area contributed by atoms with Crippen LogP contribution in [-0.4, -0.2) is 28.9 Å². The average molecular weight is 241 g/mol. The highest BCUT2D eigenvalue weighted by Gasteiger charge is 2.31. The molecule has 0 amide bonds. The molecule has 0 radical (unpaired) electrons. The molecule has 3 nitrogen and oxygen atoms in total. The van der Waals surface area contributed by atoms with Crippen LogP contribution in [0.4, 0.5) is 0 Å². The van der Waals surface area contributed by atoms with Crippen LogP contribution in [0, 0.1) is 19.8 Å². The Morgan fingerprint density at radius 1 is 1.56 bits per heavy atom. The standard InChI is InChI=1S/C12H19NO2S/c1-7-4-5-15-12(7)10(14)6-11-13-8(2)9(3)16-11/h7,10,12,14H,4-6H2,1-3H3. The monoisotopic (exact) mass is 241 g/mol. The molecule has 1 saturated heterocycles. The molecule has 0 saturated carbocycles. The second-order valence-electron chi connectivity index (χ2n) is 4.62. The van der Waals surface area contributed by atoms with Gasteiger partial charge in [0, 0.05) is 17.9 Å². The first kappa shape index (κ1) is 12.0. The van der Waals surface area contributed by atoms with Gasteiger partial charge < -0.3 is 9.84 Å². The highest BCUT2D eigenvalue weighted by molar-refractivity contribution is 7.11. The molecular formula is C12H19NO2S. The fraction of sp³-hybridized carbons (Fsp3) is 0.750. The highest BCUT2D eigenvalue weighted by Crippen LogP contribution is 2.26. The summed E-state index contributed by atoms with van der Waals surface area (Å²) < 4.78 is 5.56. The Hall–Kier alpha value is -0.450. The summed E-state index contributed by atoms with van der Waals surface area (Å²) in [6.45, 7) is 6.99. The van der Waals surface area contributed by atoms with Crippen molar-refractivity contribution in [1.82, 2.24) is 4.98 Å². The van der Waals surface area contributed by atoms with Gasteiger partial charge in [0.05, 0.1) is 22.9 Å². The van der Waals surface area contributed by atoms with Gasteiger partial charge in [-0.1, -0.05) is 6.92 Å². The van der Waals surface area contributed by atoms with Crippen molar-refractivity contribution in [2.24, 2.45) is 5.92 Å². The Labute approximate surface area is 100 Å². The van der Waals surface area contributed by atoms with Gasteiger partial charge in [0.2, 0.25) is 0 Å². The van der Waals surface area contributed by atoms with E-state index in [2.05, 4.69) is 18.8 Å². The number of rotatable bonds is 3. The lowest BCUT2D eigenvalue weighted by Crippen LogP contribution is -2.31. The van der Waals surface area contributed by atoms with Gasteiger partial charge in [-0.2, -0.15) is 0 Å². The SMILES string of the molecule is Cc1nc(CC(O)C2OCCC2C)sc1C. The van der Waals surface area contributed by atoms with Crippen LogP contribution in [0.5, 0.6) is 0 Å². The van der Waals surface area contributed by atoms with Crippen molar-refractivity contribution in [3.05, 3.63) is 15.6 Å². The molecule has 1 aliphatic heterocycles. The van der Waals surface area contributed by atoms with Gasteiger partial charge >= 0.3 is 0 Å². The van der Waals surface area contributed by atoms with Gasteiger partial charge in [-0.05, 0) is 26.2 Å². The molecule has 0 spiro atoms. The quantitative estimate of drug-likeness (QED) is 0.881. The summed E-state index contributed by atoms with van der Waals surface area (Å²) in [6.07, 6.45) is 1.25. The summed E-state index contributed by atoms with van der Waals surface area (Å²) in [6, 6.07) is 0. The number of ether oxygens (including phenoxy) is 1. The van der Waals surface area contributed by atoms with Gasteiger partial charge in [0.15, 0.2) is 0 Å². The average Bonchev–Trinajstić information content (AvgIpc) is 2.74. The number of aryl methyl sites for hydroxylation is 2. The minimum Gasteiger partial charge on any atom is -0.390 e. The van der Waals surface area contributed by atoms with Crippen LogP contribution < -0.4 is 0 Å². The van der Waals surface area contributed by atoms with Crippen molar-refractivity contribution in [2.75, 3.05) is 6.61 Å². The third-order valence-electron chi connectivity index (χ3n) is 3.28. The van der Waals surface area contributed by atoms with E-state index in [1.165, 1.54) is 4.88 Å². The zero-order valence-corrected chi connectivity index (χ0v) is 10.9. The lowest BCUT2D eigenvalue weighted by molar-refractivity contribution is -0.0157. The number of thiazole rings is 1. The summed E-state index contributed by atoms with van der Waals surface area (Å²) in [5.74, 6) is 0.456. The normalized spacial score (nSPS) is 27.2. The fourth-order valence-electron chi connectivity index (χ4n) is 2.13. The Balaban J connectivity index is 1.98. The van der Waals surface area contributed by atoms with Crippen molar-refractivity contribution >= 4 is 11.3 Å². The lowest BCUT2D eigenvalue weighted by Gasteiger charge is -2.20. The molecule has 16 heavy (non-hydrogen) atoms. The number of aliphatic hydroxyl groups is 1. The molecule has 0 bridgehead atoms. The Morgan fingerprint density at radius 2 is 2.31 bits per heavy atom. The first-order valence-corrected chi connectivity index (χ1v) is 6.62. The van der Waals surface area contributed by atoms with Crippen LogP contribution in [0.15, 0.2) is 0 Å². The first-order valence-electron chi connectivity index (χ1n) is 5.80. The topological polar surface area (TPSA) is 42.4 Å². The summed E-state index contributed by atoms with van der Waals surface area (Å²) >= 11 is 1.68. The maximum absolute atomic E-state index is 10.1. The van der Waals surface area contributed by atoms with E-state index in [0.29, 0.717) is 12.3 Å². The molecule has 0 aliphatic carbocycles. The van der Waals surface area contributed by atoms with Crippen LogP contribution in [0.3, 0.4) is 0 Å². The smallest absolute Gasteiger partial charge is 0.0957 e. The largest absolute Gasteiger partial charge is 0.390 e. The van der Waals surface area contributed by atoms with Crippen LogP contribution >= 0.6 is 11.3 Å². The number of hydrogen-bond donors (Lipinski definition) is 1. The summed E-state index contributed by atoms with van der Waals surface area (Å²) in [5.41, 5.74) is 1.08. The molecule has 3 atom stereocenters. The van der Waals surface area contributed by atoms with Crippen molar-refractivity contribution in [3.63, 3.8) is 0 Å². The van der Waals surface area contributed by atoms with Gasteiger partial charge in [-0.3, -0.25) is 0 Å². The third kappa shape index (κ3) is 2.44. The van der Waals surface area contributed by atoms with Crippen LogP contribution in [-0.2, 0) is 11.2 Å². The number of aliphatic hydroxyl groups excluding tert-OH is 1. The van der Waals surface area contributed by atoms with E-state index >= 15 is 0 Å². The van der Waals surface area contributed by atoms with E-state index in [0.717, 1.165) is 23.7 Å². The minimum absolute atomic E-state index is 0.00971. The first-order chi connectivity index (χ1) is 7.58. The maximum atomic E-state index is 10.1. The predicted molar refractivity (Wildman–Crippen MR) is 64.8 cm³/mol. The predicted octanol–water partition coefficient (Wildman–Crippen LogP) is 2.09. The van der Waals surface area contributed by atoms with E-state index in [9.17, 15) is 5.11 Å². The van der Waals surface area contributed by atoms with E-state index in [1.54, 1.807) is 11.3 Å². The molecule has 90 valence electrons. The molecule has 1 aromatic rings. The van der Waals surface area contributed by atoms with E-state index in [1.807, 2.05) is 6.92 Å². The second kappa shape index (κ2) is 4.82. The zero-order valence-electron chi connectivity index (χ0n) is 10.1. The molecule has 3 unspecified atom stereocenters. The summed E-state index contributed by atoms with van der Waals surface area (Å²) in [7, 11) is 0. The second-order valence-corrected chi connectivity index (χ2v) is 5.91. The zero-order chi connectivity index (χ0) is 11.7. The van der Waals surface area contributed by atoms with E-state index in [-0.39, 0.29) is 6.10 Å². The van der Waals surface area contributed by atoms with Gasteiger partial charge in [0.1, 0.15) is 0 Å². The van der Waals surface area contributed by atoms with Gasteiger partial charge in [0.25, 0.3) is 0 Å². The number of hydrogen-bond acceptors (Lipinski definition) is 4. The molecule has 1 aromatic heterocycles. The van der Waals surface area contributed by atoms with Crippen molar-refractivity contribution in [1.29, 1.82) is 0 Å². The Morgan fingerprint density at radius 3 is 2.81 bits per heavy atom. The number of aromatic nitrogens is 1. The Kier molecular flexibility index (Phi) is 3.62. The molecule has 2 heterocycles. The maximum Gasteiger partial charge on any atom is 0.0957 e. The molecule has 4 heteroatoms. The fourth-order valence-corrected chi connectivity index (χ4v) is 3.11. The van der Waals surface area contributed by atoms with Gasteiger partial charge in [-0.25, -0.2) is 4.98 Å². The van der Waals surface area contributed by atoms with Crippen LogP contribution in [0.1, 0.15) is 28.9 Å². The molecule has 1 fully saturated rings. The minimum atomic E-state index is -0.414. The van der Waals surface area contributed by atoms with Crippen molar-refractivity contribution in [2.45, 2.75) is 45.8 Å². The molecule has 1 aliphatic rings. The van der Waals surface area contributed by atoms with Crippen molar-refractivity contribution < 1.29 is 9.84 Å². The molecule has 0 aromatic carbocycles. The summed E-state index contributed by atoms with van der Waals surface area (Å²) in [4.78, 5) is 5.69. The van der Waals surface area contributed by atoms with Crippen LogP contribution in [0.25, 0.3) is 0 Å². The summed E-state index contributed by atoms with van der Waals surface area (Å²) in [5, 5.41) is 11.1. The molecular weight excluding hydrogens is 222 g/mol. The lowest BCUT2D eigenvalue weighted by atomic mass is 9.98. The van der Waals surface area contributed by atoms with Crippen LogP contribution in [0.2, 0.25) is 0 Å². The Bertz CT molecular complexity index is 344. The van der Waals surface area contributed by atoms with E-state index < -0.39 is 6.10 Å². The highest BCUT2D eigenvalue weighted by atomic mass is 32.1. The van der Waals surface area contributed by atoms with Gasteiger partial charge in [-0.15, -0.1) is 11.3 Å². The van der Waals surface area contributed by atoms with E-state index in [4.69, 9.17) is 4.74 Å². The molecule has 1 N–H and O–H groups in total. The molecule has 2 rings (SSSR count). The number of nitrogens with zero attached hydrogens (tertiary/aromatic N) is 1. The third-order valence-corrected chi connectivity index (χ3v) is 4.38.